The number of hydrogen-bond acceptors (Lipinski definition) is 3. The summed E-state index contributed by atoms with van der Waals surface area (Å²) in [5, 5.41) is 0. The summed E-state index contributed by atoms with van der Waals surface area (Å²) in [5.74, 6) is 1.98. The fourth-order valence-corrected chi connectivity index (χ4v) is 1.47. The van der Waals surface area contributed by atoms with Crippen LogP contribution in [-0.2, 0) is 24.2 Å². The van der Waals surface area contributed by atoms with Crippen LogP contribution in [0.5, 0.6) is 0 Å². The van der Waals surface area contributed by atoms with Crippen LogP contribution >= 0.6 is 0 Å². The topological polar surface area (TPSA) is 48.4 Å². The maximum Gasteiger partial charge on any atom is 0.133 e. The van der Waals surface area contributed by atoms with Gasteiger partial charge in [-0.05, 0) is 24.6 Å². The third-order valence-electron chi connectivity index (χ3n) is 2.09. The van der Waals surface area contributed by atoms with E-state index in [1.54, 1.807) is 0 Å². The van der Waals surface area contributed by atoms with Gasteiger partial charge in [0.1, 0.15) is 18.1 Å². The quantitative estimate of drug-likeness (QED) is 0.710. The van der Waals surface area contributed by atoms with Gasteiger partial charge >= 0.3 is 0 Å². The van der Waals surface area contributed by atoms with Gasteiger partial charge in [-0.3, -0.25) is 0 Å². The Morgan fingerprint density at radius 1 is 1.50 bits per heavy atom. The zero-order chi connectivity index (χ0) is 8.39. The molecule has 3 heteroatoms. The van der Waals surface area contributed by atoms with Gasteiger partial charge in [-0.25, -0.2) is 0 Å². The molecular weight excluding hydrogens is 154 g/mol. The van der Waals surface area contributed by atoms with Crippen molar-refractivity contribution in [1.82, 2.24) is 0 Å². The standard InChI is InChI=1S/C9H13NO2/c10-3-1-8-5-7-2-4-11-6-9(7)12-8/h5H,1-4,6,10H2. The third-order valence-corrected chi connectivity index (χ3v) is 2.09. The molecule has 0 aliphatic carbocycles. The zero-order valence-corrected chi connectivity index (χ0v) is 7.01. The summed E-state index contributed by atoms with van der Waals surface area (Å²) >= 11 is 0. The van der Waals surface area contributed by atoms with E-state index in [0.717, 1.165) is 31.0 Å². The average molecular weight is 167 g/mol. The summed E-state index contributed by atoms with van der Waals surface area (Å²) in [6.45, 7) is 2.09. The first-order valence-corrected chi connectivity index (χ1v) is 4.28. The van der Waals surface area contributed by atoms with E-state index in [2.05, 4.69) is 6.07 Å². The van der Waals surface area contributed by atoms with Gasteiger partial charge in [0, 0.05) is 6.42 Å². The summed E-state index contributed by atoms with van der Waals surface area (Å²) in [7, 11) is 0. The minimum atomic E-state index is 0.625. The maximum absolute atomic E-state index is 5.54. The molecule has 0 saturated heterocycles. The first-order valence-electron chi connectivity index (χ1n) is 4.28. The Balaban J connectivity index is 2.20. The van der Waals surface area contributed by atoms with Crippen LogP contribution in [0.4, 0.5) is 0 Å². The molecule has 0 bridgehead atoms. The van der Waals surface area contributed by atoms with E-state index in [-0.39, 0.29) is 0 Å². The highest BCUT2D eigenvalue weighted by Gasteiger charge is 2.14. The number of fused-ring (bicyclic) bond motifs is 1. The molecular formula is C9H13NO2. The molecule has 1 aliphatic heterocycles. The first-order chi connectivity index (χ1) is 5.90. The van der Waals surface area contributed by atoms with E-state index in [9.17, 15) is 0 Å². The molecule has 0 amide bonds. The highest BCUT2D eigenvalue weighted by atomic mass is 16.5. The summed E-state index contributed by atoms with van der Waals surface area (Å²) in [5.41, 5.74) is 6.72. The lowest BCUT2D eigenvalue weighted by atomic mass is 10.1. The normalized spacial score (nSPS) is 16.1. The van der Waals surface area contributed by atoms with Crippen LogP contribution in [0.2, 0.25) is 0 Å². The van der Waals surface area contributed by atoms with E-state index in [0.29, 0.717) is 13.2 Å². The smallest absolute Gasteiger partial charge is 0.133 e. The number of hydrogen-bond donors (Lipinski definition) is 1. The van der Waals surface area contributed by atoms with Crippen LogP contribution in [0.15, 0.2) is 10.5 Å². The molecule has 0 aromatic carbocycles. The molecule has 2 N–H and O–H groups in total. The third kappa shape index (κ3) is 1.38. The molecule has 1 aliphatic rings. The minimum Gasteiger partial charge on any atom is -0.463 e. The van der Waals surface area contributed by atoms with Gasteiger partial charge in [0.05, 0.1) is 6.61 Å². The fraction of sp³-hybridized carbons (Fsp3) is 0.556. The molecule has 2 rings (SSSR count). The van der Waals surface area contributed by atoms with Crippen LogP contribution in [0.3, 0.4) is 0 Å². The fourth-order valence-electron chi connectivity index (χ4n) is 1.47. The second-order valence-electron chi connectivity index (χ2n) is 3.00. The van der Waals surface area contributed by atoms with E-state index in [1.807, 2.05) is 0 Å². The highest BCUT2D eigenvalue weighted by Crippen LogP contribution is 2.20. The van der Waals surface area contributed by atoms with Crippen molar-refractivity contribution in [3.63, 3.8) is 0 Å². The van der Waals surface area contributed by atoms with Crippen molar-refractivity contribution in [2.75, 3.05) is 13.2 Å². The highest BCUT2D eigenvalue weighted by molar-refractivity contribution is 5.23. The van der Waals surface area contributed by atoms with E-state index in [4.69, 9.17) is 14.9 Å². The molecule has 1 aromatic heterocycles. The average Bonchev–Trinajstić information content (AvgIpc) is 2.47. The molecule has 12 heavy (non-hydrogen) atoms. The molecule has 0 saturated carbocycles. The van der Waals surface area contributed by atoms with Gasteiger partial charge in [-0.1, -0.05) is 0 Å². The number of furan rings is 1. The predicted molar refractivity (Wildman–Crippen MR) is 44.8 cm³/mol. The summed E-state index contributed by atoms with van der Waals surface area (Å²) in [4.78, 5) is 0. The van der Waals surface area contributed by atoms with Gasteiger partial charge in [0.2, 0.25) is 0 Å². The number of ether oxygens (including phenoxy) is 1. The Kier molecular flexibility index (Phi) is 2.15. The number of rotatable bonds is 2. The van der Waals surface area contributed by atoms with Crippen molar-refractivity contribution >= 4 is 0 Å². The molecule has 0 unspecified atom stereocenters. The van der Waals surface area contributed by atoms with Crippen molar-refractivity contribution in [2.45, 2.75) is 19.4 Å². The van der Waals surface area contributed by atoms with Crippen LogP contribution < -0.4 is 5.73 Å². The Morgan fingerprint density at radius 2 is 2.42 bits per heavy atom. The van der Waals surface area contributed by atoms with Crippen molar-refractivity contribution < 1.29 is 9.15 Å². The Labute approximate surface area is 71.5 Å². The van der Waals surface area contributed by atoms with Crippen LogP contribution in [0.25, 0.3) is 0 Å². The van der Waals surface area contributed by atoms with E-state index >= 15 is 0 Å². The zero-order valence-electron chi connectivity index (χ0n) is 7.01. The van der Waals surface area contributed by atoms with Crippen LogP contribution in [0.1, 0.15) is 17.1 Å². The lowest BCUT2D eigenvalue weighted by Crippen LogP contribution is -2.06. The van der Waals surface area contributed by atoms with Gasteiger partial charge in [0.15, 0.2) is 0 Å². The van der Waals surface area contributed by atoms with Crippen LogP contribution in [0, 0.1) is 0 Å². The van der Waals surface area contributed by atoms with E-state index < -0.39 is 0 Å². The van der Waals surface area contributed by atoms with Crippen molar-refractivity contribution in [2.24, 2.45) is 5.73 Å². The molecule has 3 nitrogen and oxygen atoms in total. The Bertz CT molecular complexity index is 244. The largest absolute Gasteiger partial charge is 0.463 e. The van der Waals surface area contributed by atoms with Gasteiger partial charge in [-0.15, -0.1) is 0 Å². The molecule has 0 atom stereocenters. The minimum absolute atomic E-state index is 0.625. The number of nitrogens with two attached hydrogens (primary N) is 1. The summed E-state index contributed by atoms with van der Waals surface area (Å²) < 4.78 is 10.8. The summed E-state index contributed by atoms with van der Waals surface area (Å²) in [6, 6.07) is 2.10. The first kappa shape index (κ1) is 7.83. The van der Waals surface area contributed by atoms with E-state index in [1.165, 1.54) is 5.56 Å². The second kappa shape index (κ2) is 3.29. The molecule has 0 radical (unpaired) electrons. The van der Waals surface area contributed by atoms with Gasteiger partial charge in [-0.2, -0.15) is 0 Å². The molecule has 1 aromatic rings. The Morgan fingerprint density at radius 3 is 3.17 bits per heavy atom. The molecule has 2 heterocycles. The van der Waals surface area contributed by atoms with Crippen molar-refractivity contribution in [3.05, 3.63) is 23.2 Å². The molecule has 0 spiro atoms. The maximum atomic E-state index is 5.54. The molecule has 66 valence electrons. The lowest BCUT2D eigenvalue weighted by molar-refractivity contribution is 0.0932. The predicted octanol–water partition coefficient (Wildman–Crippen LogP) is 0.853. The van der Waals surface area contributed by atoms with Crippen LogP contribution in [-0.4, -0.2) is 13.2 Å². The van der Waals surface area contributed by atoms with Gasteiger partial charge < -0.3 is 14.9 Å². The van der Waals surface area contributed by atoms with Crippen molar-refractivity contribution in [3.8, 4) is 0 Å². The molecule has 0 fully saturated rings. The SMILES string of the molecule is NCCc1cc2c(o1)COCC2. The summed E-state index contributed by atoms with van der Waals surface area (Å²) in [6.07, 6.45) is 1.80. The second-order valence-corrected chi connectivity index (χ2v) is 3.00. The Hall–Kier alpha value is -0.800. The van der Waals surface area contributed by atoms with Crippen molar-refractivity contribution in [1.29, 1.82) is 0 Å². The monoisotopic (exact) mass is 167 g/mol. The lowest BCUT2D eigenvalue weighted by Gasteiger charge is -2.08. The van der Waals surface area contributed by atoms with Gasteiger partial charge in [0.25, 0.3) is 0 Å².